The number of aromatic nitrogens is 1. The average Bonchev–Trinajstić information content (AvgIpc) is 2.89. The third kappa shape index (κ3) is 5.06. The van der Waals surface area contributed by atoms with E-state index in [2.05, 4.69) is 22.0 Å². The molecule has 7 heteroatoms. The second kappa shape index (κ2) is 11.0. The number of aliphatic imine (C=N–C) groups is 1. The van der Waals surface area contributed by atoms with Crippen LogP contribution in [0.5, 0.6) is 5.88 Å². The number of pyridine rings is 1. The second-order valence-electron chi connectivity index (χ2n) is 8.58. The lowest BCUT2D eigenvalue weighted by Gasteiger charge is -2.23. The molecule has 3 aromatic carbocycles. The number of esters is 1. The molecule has 0 radical (unpaired) electrons. The van der Waals surface area contributed by atoms with E-state index < -0.39 is 5.97 Å². The summed E-state index contributed by atoms with van der Waals surface area (Å²) in [6, 6.07) is 23.7. The molecule has 0 spiro atoms. The van der Waals surface area contributed by atoms with Crippen molar-refractivity contribution in [2.24, 2.45) is 4.99 Å². The molecule has 0 saturated carbocycles. The standard InChI is InChI=1S/C29H29N3O4/c1-4-36-29(35)21-14-16-22(17-15-21)32-27(33)24-13-9-8-12-23(24)25(28(32)34)18-30-19-26(31(2)3)20-10-6-5-7-11-20/h5-18,26,34H,4,19H2,1-3H3. The molecule has 1 atom stereocenters. The Labute approximate surface area is 209 Å². The molecule has 1 N–H and O–H groups in total. The summed E-state index contributed by atoms with van der Waals surface area (Å²) in [6.07, 6.45) is 1.63. The molecule has 0 amide bonds. The fourth-order valence-electron chi connectivity index (χ4n) is 4.18. The van der Waals surface area contributed by atoms with Crippen molar-refractivity contribution in [1.82, 2.24) is 9.47 Å². The van der Waals surface area contributed by atoms with Gasteiger partial charge in [0.2, 0.25) is 5.88 Å². The summed E-state index contributed by atoms with van der Waals surface area (Å²) >= 11 is 0. The second-order valence-corrected chi connectivity index (χ2v) is 8.58. The number of hydrogen-bond acceptors (Lipinski definition) is 6. The first kappa shape index (κ1) is 24.9. The molecule has 1 unspecified atom stereocenters. The minimum Gasteiger partial charge on any atom is -0.494 e. The maximum absolute atomic E-state index is 13.3. The highest BCUT2D eigenvalue weighted by Crippen LogP contribution is 2.26. The van der Waals surface area contributed by atoms with Gasteiger partial charge in [-0.05, 0) is 56.9 Å². The predicted octanol–water partition coefficient (Wildman–Crippen LogP) is 4.59. The SMILES string of the molecule is CCOC(=O)c1ccc(-n2c(O)c(C=NCC(c3ccccc3)N(C)C)c3ccccc3c2=O)cc1. The van der Waals surface area contributed by atoms with Crippen molar-refractivity contribution in [3.05, 3.63) is 106 Å². The van der Waals surface area contributed by atoms with Crippen molar-refractivity contribution < 1.29 is 14.6 Å². The Balaban J connectivity index is 1.76. The minimum atomic E-state index is -0.444. The molecule has 1 aromatic heterocycles. The van der Waals surface area contributed by atoms with Crippen LogP contribution in [0.2, 0.25) is 0 Å². The van der Waals surface area contributed by atoms with Gasteiger partial charge < -0.3 is 14.7 Å². The van der Waals surface area contributed by atoms with Gasteiger partial charge in [-0.3, -0.25) is 9.79 Å². The molecule has 184 valence electrons. The molecule has 36 heavy (non-hydrogen) atoms. The third-order valence-corrected chi connectivity index (χ3v) is 6.05. The van der Waals surface area contributed by atoms with Gasteiger partial charge >= 0.3 is 5.97 Å². The number of ether oxygens (including phenoxy) is 1. The zero-order chi connectivity index (χ0) is 25.7. The Morgan fingerprint density at radius 1 is 1.00 bits per heavy atom. The normalized spacial score (nSPS) is 12.3. The Kier molecular flexibility index (Phi) is 7.61. The molecule has 0 saturated heterocycles. The number of nitrogens with zero attached hydrogens (tertiary/aromatic N) is 3. The molecular formula is C29H29N3O4. The smallest absolute Gasteiger partial charge is 0.338 e. The first-order valence-electron chi connectivity index (χ1n) is 11.8. The summed E-state index contributed by atoms with van der Waals surface area (Å²) in [5.74, 6) is -0.659. The lowest BCUT2D eigenvalue weighted by molar-refractivity contribution is 0.0526. The molecule has 0 aliphatic carbocycles. The van der Waals surface area contributed by atoms with Gasteiger partial charge in [-0.1, -0.05) is 48.5 Å². The molecule has 0 fully saturated rings. The third-order valence-electron chi connectivity index (χ3n) is 6.05. The van der Waals surface area contributed by atoms with Gasteiger partial charge in [-0.25, -0.2) is 9.36 Å². The maximum Gasteiger partial charge on any atom is 0.338 e. The van der Waals surface area contributed by atoms with Crippen LogP contribution >= 0.6 is 0 Å². The van der Waals surface area contributed by atoms with E-state index in [0.29, 0.717) is 34.1 Å². The number of carbonyl (C=O) groups excluding carboxylic acids is 1. The molecule has 4 rings (SSSR count). The van der Waals surface area contributed by atoms with Crippen LogP contribution in [-0.2, 0) is 4.74 Å². The molecule has 7 nitrogen and oxygen atoms in total. The van der Waals surface area contributed by atoms with E-state index in [0.717, 1.165) is 5.56 Å². The van der Waals surface area contributed by atoms with Gasteiger partial charge in [0.25, 0.3) is 5.56 Å². The highest BCUT2D eigenvalue weighted by atomic mass is 16.5. The number of carbonyl (C=O) groups is 1. The average molecular weight is 484 g/mol. The van der Waals surface area contributed by atoms with Crippen molar-refractivity contribution in [2.75, 3.05) is 27.2 Å². The highest BCUT2D eigenvalue weighted by molar-refractivity contribution is 6.01. The first-order chi connectivity index (χ1) is 17.4. The van der Waals surface area contributed by atoms with E-state index >= 15 is 0 Å². The molecule has 0 aliphatic heterocycles. The number of fused-ring (bicyclic) bond motifs is 1. The van der Waals surface area contributed by atoms with Gasteiger partial charge in [-0.15, -0.1) is 0 Å². The van der Waals surface area contributed by atoms with Gasteiger partial charge in [0.1, 0.15) is 0 Å². The number of hydrogen-bond donors (Lipinski definition) is 1. The van der Waals surface area contributed by atoms with E-state index in [9.17, 15) is 14.7 Å². The summed E-state index contributed by atoms with van der Waals surface area (Å²) in [4.78, 5) is 32.1. The van der Waals surface area contributed by atoms with Crippen molar-refractivity contribution in [1.29, 1.82) is 0 Å². The minimum absolute atomic E-state index is 0.0529. The Morgan fingerprint density at radius 2 is 1.64 bits per heavy atom. The number of likely N-dealkylation sites (N-methyl/N-ethyl adjacent to an activating group) is 1. The van der Waals surface area contributed by atoms with Gasteiger partial charge in [-0.2, -0.15) is 0 Å². The lowest BCUT2D eigenvalue weighted by atomic mass is 10.1. The number of rotatable bonds is 8. The van der Waals surface area contributed by atoms with Crippen LogP contribution in [0.1, 0.15) is 34.5 Å². The lowest BCUT2D eigenvalue weighted by Crippen LogP contribution is -2.23. The van der Waals surface area contributed by atoms with Crippen LogP contribution in [0.15, 0.2) is 88.6 Å². The van der Waals surface area contributed by atoms with Crippen LogP contribution in [0.4, 0.5) is 0 Å². The van der Waals surface area contributed by atoms with E-state index in [1.54, 1.807) is 55.6 Å². The summed E-state index contributed by atoms with van der Waals surface area (Å²) in [7, 11) is 4.00. The zero-order valence-electron chi connectivity index (χ0n) is 20.6. The summed E-state index contributed by atoms with van der Waals surface area (Å²) in [6.45, 7) is 2.48. The Bertz CT molecular complexity index is 1440. The van der Waals surface area contributed by atoms with Crippen LogP contribution in [0.25, 0.3) is 16.5 Å². The summed E-state index contributed by atoms with van der Waals surface area (Å²) in [5.41, 5.74) is 2.03. The number of benzene rings is 3. The molecule has 0 bridgehead atoms. The number of aromatic hydroxyl groups is 1. The Morgan fingerprint density at radius 3 is 2.28 bits per heavy atom. The predicted molar refractivity (Wildman–Crippen MR) is 142 cm³/mol. The fourth-order valence-corrected chi connectivity index (χ4v) is 4.18. The van der Waals surface area contributed by atoms with Gasteiger partial charge in [0, 0.05) is 17.0 Å². The van der Waals surface area contributed by atoms with E-state index in [1.807, 2.05) is 38.4 Å². The molecular weight excluding hydrogens is 454 g/mol. The molecule has 1 heterocycles. The van der Waals surface area contributed by atoms with Crippen molar-refractivity contribution in [2.45, 2.75) is 13.0 Å². The topological polar surface area (TPSA) is 84.1 Å². The van der Waals surface area contributed by atoms with Gasteiger partial charge in [0.05, 0.1) is 36.0 Å². The van der Waals surface area contributed by atoms with Crippen LogP contribution < -0.4 is 5.56 Å². The Hall–Kier alpha value is -4.23. The highest BCUT2D eigenvalue weighted by Gasteiger charge is 2.18. The zero-order valence-corrected chi connectivity index (χ0v) is 20.6. The maximum atomic E-state index is 13.3. The first-order valence-corrected chi connectivity index (χ1v) is 11.8. The van der Waals surface area contributed by atoms with Crippen LogP contribution in [-0.4, -0.2) is 54.0 Å². The van der Waals surface area contributed by atoms with Crippen molar-refractivity contribution in [3.63, 3.8) is 0 Å². The van der Waals surface area contributed by atoms with E-state index in [4.69, 9.17) is 4.74 Å². The van der Waals surface area contributed by atoms with E-state index in [1.165, 1.54) is 4.57 Å². The molecule has 4 aromatic rings. The summed E-state index contributed by atoms with van der Waals surface area (Å²) in [5, 5.41) is 12.3. The quantitative estimate of drug-likeness (QED) is 0.293. The summed E-state index contributed by atoms with van der Waals surface area (Å²) < 4.78 is 6.27. The van der Waals surface area contributed by atoms with Crippen LogP contribution in [0, 0.1) is 0 Å². The van der Waals surface area contributed by atoms with Crippen molar-refractivity contribution >= 4 is 23.0 Å². The monoisotopic (exact) mass is 483 g/mol. The van der Waals surface area contributed by atoms with Gasteiger partial charge in [0.15, 0.2) is 0 Å². The largest absolute Gasteiger partial charge is 0.494 e. The van der Waals surface area contributed by atoms with Crippen molar-refractivity contribution in [3.8, 4) is 11.6 Å². The van der Waals surface area contributed by atoms with Crippen LogP contribution in [0.3, 0.4) is 0 Å². The molecule has 0 aliphatic rings. The fraction of sp³-hybridized carbons (Fsp3) is 0.207. The van der Waals surface area contributed by atoms with E-state index in [-0.39, 0.29) is 24.1 Å².